The molecular formula is C13H16N4O. The molecule has 0 bridgehead atoms. The zero-order chi connectivity index (χ0) is 12.6. The topological polar surface area (TPSA) is 73.0 Å². The van der Waals surface area contributed by atoms with Crippen LogP contribution in [-0.2, 0) is 0 Å². The average molecular weight is 244 g/mol. The van der Waals surface area contributed by atoms with Crippen LogP contribution >= 0.6 is 0 Å². The third kappa shape index (κ3) is 1.65. The lowest BCUT2D eigenvalue weighted by atomic mass is 9.82. The molecule has 18 heavy (non-hydrogen) atoms. The van der Waals surface area contributed by atoms with Gasteiger partial charge in [0, 0.05) is 24.7 Å². The van der Waals surface area contributed by atoms with Gasteiger partial charge >= 0.3 is 0 Å². The Kier molecular flexibility index (Phi) is 2.67. The maximum Gasteiger partial charge on any atom is 0.226 e. The Labute approximate surface area is 106 Å². The molecular weight excluding hydrogens is 228 g/mol. The van der Waals surface area contributed by atoms with E-state index in [4.69, 9.17) is 5.26 Å². The van der Waals surface area contributed by atoms with E-state index < -0.39 is 0 Å². The fourth-order valence-corrected chi connectivity index (χ4v) is 3.39. The number of aromatic nitrogens is 2. The van der Waals surface area contributed by atoms with E-state index in [0.717, 1.165) is 19.5 Å². The second kappa shape index (κ2) is 4.21. The van der Waals surface area contributed by atoms with Crippen molar-refractivity contribution < 1.29 is 5.11 Å². The van der Waals surface area contributed by atoms with Gasteiger partial charge in [0.2, 0.25) is 5.95 Å². The number of hydrogen-bond donors (Lipinski definition) is 1. The number of fused-ring (bicyclic) bond motifs is 1. The monoisotopic (exact) mass is 244 g/mol. The standard InChI is InChI=1S/C13H16N4O/c14-6-11-3-5-15-12(16-11)17-7-10-2-1-4-13(10,8-17)9-18/h3,5,10,18H,1-2,4,7-9H2. The first-order valence-corrected chi connectivity index (χ1v) is 6.36. The summed E-state index contributed by atoms with van der Waals surface area (Å²) in [5.74, 6) is 1.16. The van der Waals surface area contributed by atoms with Crippen LogP contribution in [0.3, 0.4) is 0 Å². The van der Waals surface area contributed by atoms with Gasteiger partial charge < -0.3 is 10.0 Å². The molecule has 1 saturated carbocycles. The van der Waals surface area contributed by atoms with Crippen molar-refractivity contribution >= 4 is 5.95 Å². The molecule has 2 fully saturated rings. The van der Waals surface area contributed by atoms with Gasteiger partial charge in [-0.3, -0.25) is 0 Å². The van der Waals surface area contributed by atoms with Crippen molar-refractivity contribution in [3.8, 4) is 6.07 Å². The first kappa shape index (κ1) is 11.4. The molecule has 3 rings (SSSR count). The van der Waals surface area contributed by atoms with E-state index >= 15 is 0 Å². The highest BCUT2D eigenvalue weighted by molar-refractivity contribution is 5.37. The zero-order valence-corrected chi connectivity index (χ0v) is 10.2. The van der Waals surface area contributed by atoms with E-state index in [2.05, 4.69) is 14.9 Å². The van der Waals surface area contributed by atoms with Crippen LogP contribution in [0, 0.1) is 22.7 Å². The molecule has 2 atom stereocenters. The van der Waals surface area contributed by atoms with Gasteiger partial charge in [0.15, 0.2) is 0 Å². The minimum Gasteiger partial charge on any atom is -0.396 e. The summed E-state index contributed by atoms with van der Waals surface area (Å²) in [4.78, 5) is 10.6. The molecule has 5 nitrogen and oxygen atoms in total. The summed E-state index contributed by atoms with van der Waals surface area (Å²) in [6, 6.07) is 3.65. The Morgan fingerprint density at radius 3 is 3.22 bits per heavy atom. The van der Waals surface area contributed by atoms with E-state index in [1.54, 1.807) is 12.3 Å². The van der Waals surface area contributed by atoms with Gasteiger partial charge in [0.25, 0.3) is 0 Å². The summed E-state index contributed by atoms with van der Waals surface area (Å²) < 4.78 is 0. The normalized spacial score (nSPS) is 30.2. The van der Waals surface area contributed by atoms with Gasteiger partial charge in [0.1, 0.15) is 11.8 Å². The molecule has 1 aromatic rings. The van der Waals surface area contributed by atoms with Crippen LogP contribution in [0.2, 0.25) is 0 Å². The quantitative estimate of drug-likeness (QED) is 0.838. The molecule has 2 heterocycles. The molecule has 0 radical (unpaired) electrons. The van der Waals surface area contributed by atoms with E-state index in [-0.39, 0.29) is 12.0 Å². The number of nitrogens with zero attached hydrogens (tertiary/aromatic N) is 4. The lowest BCUT2D eigenvalue weighted by Crippen LogP contribution is -2.31. The maximum absolute atomic E-state index is 9.67. The average Bonchev–Trinajstić information content (AvgIpc) is 2.95. The lowest BCUT2D eigenvalue weighted by Gasteiger charge is -2.25. The smallest absolute Gasteiger partial charge is 0.226 e. The van der Waals surface area contributed by atoms with Gasteiger partial charge in [-0.15, -0.1) is 0 Å². The maximum atomic E-state index is 9.67. The number of nitriles is 1. The predicted octanol–water partition coefficient (Wildman–Crippen LogP) is 0.947. The fourth-order valence-electron chi connectivity index (χ4n) is 3.39. The molecule has 0 amide bonds. The van der Waals surface area contributed by atoms with Crippen molar-refractivity contribution in [1.82, 2.24) is 9.97 Å². The molecule has 1 saturated heterocycles. The fraction of sp³-hybridized carbons (Fsp3) is 0.615. The summed E-state index contributed by atoms with van der Waals surface area (Å²) in [7, 11) is 0. The van der Waals surface area contributed by atoms with E-state index in [9.17, 15) is 5.11 Å². The van der Waals surface area contributed by atoms with Gasteiger partial charge in [-0.2, -0.15) is 5.26 Å². The number of aliphatic hydroxyl groups is 1. The Morgan fingerprint density at radius 2 is 2.50 bits per heavy atom. The largest absolute Gasteiger partial charge is 0.396 e. The highest BCUT2D eigenvalue weighted by Crippen LogP contribution is 2.48. The van der Waals surface area contributed by atoms with Crippen LogP contribution < -0.4 is 4.90 Å². The Morgan fingerprint density at radius 1 is 1.61 bits per heavy atom. The Hall–Kier alpha value is -1.67. The molecule has 2 unspecified atom stereocenters. The van der Waals surface area contributed by atoms with Gasteiger partial charge in [-0.1, -0.05) is 6.42 Å². The molecule has 0 spiro atoms. The van der Waals surface area contributed by atoms with Crippen molar-refractivity contribution in [1.29, 1.82) is 5.26 Å². The van der Waals surface area contributed by atoms with Gasteiger partial charge in [0.05, 0.1) is 6.61 Å². The Bertz CT molecular complexity index is 498. The number of rotatable bonds is 2. The molecule has 94 valence electrons. The van der Waals surface area contributed by atoms with Gasteiger partial charge in [-0.05, 0) is 24.8 Å². The van der Waals surface area contributed by atoms with Crippen LogP contribution in [-0.4, -0.2) is 34.8 Å². The third-order valence-corrected chi connectivity index (χ3v) is 4.39. The highest BCUT2D eigenvalue weighted by atomic mass is 16.3. The molecule has 1 aromatic heterocycles. The van der Waals surface area contributed by atoms with Crippen LogP contribution in [0.4, 0.5) is 5.95 Å². The van der Waals surface area contributed by atoms with E-state index in [0.29, 0.717) is 17.6 Å². The molecule has 5 heteroatoms. The van der Waals surface area contributed by atoms with Crippen molar-refractivity contribution in [3.05, 3.63) is 18.0 Å². The van der Waals surface area contributed by atoms with Crippen LogP contribution in [0.15, 0.2) is 12.3 Å². The minimum absolute atomic E-state index is 0.0337. The molecule has 1 N–H and O–H groups in total. The Balaban J connectivity index is 1.85. The number of anilines is 1. The van der Waals surface area contributed by atoms with Crippen LogP contribution in [0.1, 0.15) is 25.0 Å². The molecule has 0 aromatic carbocycles. The third-order valence-electron chi connectivity index (χ3n) is 4.39. The molecule has 1 aliphatic carbocycles. The van der Waals surface area contributed by atoms with Crippen molar-refractivity contribution in [2.75, 3.05) is 24.6 Å². The summed E-state index contributed by atoms with van der Waals surface area (Å²) in [5.41, 5.74) is 0.432. The molecule has 2 aliphatic rings. The van der Waals surface area contributed by atoms with Crippen molar-refractivity contribution in [3.63, 3.8) is 0 Å². The number of hydrogen-bond acceptors (Lipinski definition) is 5. The predicted molar refractivity (Wildman–Crippen MR) is 65.8 cm³/mol. The highest BCUT2D eigenvalue weighted by Gasteiger charge is 2.49. The summed E-state index contributed by atoms with van der Waals surface area (Å²) in [6.07, 6.45) is 5.09. The molecule has 1 aliphatic heterocycles. The number of aliphatic hydroxyl groups excluding tert-OH is 1. The first-order valence-electron chi connectivity index (χ1n) is 6.36. The minimum atomic E-state index is 0.0337. The van der Waals surface area contributed by atoms with Crippen molar-refractivity contribution in [2.24, 2.45) is 11.3 Å². The van der Waals surface area contributed by atoms with Crippen LogP contribution in [0.25, 0.3) is 0 Å². The van der Waals surface area contributed by atoms with Crippen LogP contribution in [0.5, 0.6) is 0 Å². The first-order chi connectivity index (χ1) is 8.77. The van der Waals surface area contributed by atoms with Crippen molar-refractivity contribution in [2.45, 2.75) is 19.3 Å². The van der Waals surface area contributed by atoms with E-state index in [1.807, 2.05) is 6.07 Å². The summed E-state index contributed by atoms with van der Waals surface area (Å²) in [6.45, 7) is 1.95. The second-order valence-electron chi connectivity index (χ2n) is 5.34. The second-order valence-corrected chi connectivity index (χ2v) is 5.34. The summed E-state index contributed by atoms with van der Waals surface area (Å²) >= 11 is 0. The van der Waals surface area contributed by atoms with Gasteiger partial charge in [-0.25, -0.2) is 9.97 Å². The van der Waals surface area contributed by atoms with E-state index in [1.165, 1.54) is 12.8 Å². The lowest BCUT2D eigenvalue weighted by molar-refractivity contribution is 0.121. The summed E-state index contributed by atoms with van der Waals surface area (Å²) in [5, 5.41) is 18.5. The SMILES string of the molecule is N#Cc1ccnc(N2CC3CCCC3(CO)C2)n1. The zero-order valence-electron chi connectivity index (χ0n) is 10.2.